The van der Waals surface area contributed by atoms with Crippen LogP contribution in [0.25, 0.3) is 0 Å². The molecule has 0 spiro atoms. The minimum absolute atomic E-state index is 0.224. The quantitative estimate of drug-likeness (QED) is 0.745. The van der Waals surface area contributed by atoms with Gasteiger partial charge in [-0.25, -0.2) is 0 Å². The van der Waals surface area contributed by atoms with E-state index in [9.17, 15) is 4.79 Å². The lowest BCUT2D eigenvalue weighted by Crippen LogP contribution is -2.39. The topological polar surface area (TPSA) is 46.3 Å². The highest BCUT2D eigenvalue weighted by Crippen LogP contribution is 2.17. The molecule has 0 bridgehead atoms. The van der Waals surface area contributed by atoms with Crippen LogP contribution >= 0.6 is 0 Å². The lowest BCUT2D eigenvalue weighted by Gasteiger charge is -2.29. The van der Waals surface area contributed by atoms with Gasteiger partial charge in [-0.15, -0.1) is 0 Å². The Hall–Kier alpha value is -0.570. The average molecular weight is 242 g/mol. The minimum Gasteiger partial charge on any atom is -0.343 e. The van der Waals surface area contributed by atoms with E-state index in [0.29, 0.717) is 36.8 Å². The third-order valence-corrected chi connectivity index (χ3v) is 3.57. The van der Waals surface area contributed by atoms with Crippen molar-refractivity contribution in [1.29, 1.82) is 0 Å². The van der Waals surface area contributed by atoms with Crippen LogP contribution in [0.3, 0.4) is 0 Å². The fraction of sp³-hybridized carbons (Fsp3) is 0.929. The number of carbonyl (C=O) groups excluding carboxylic acids is 1. The van der Waals surface area contributed by atoms with Gasteiger partial charge in [0.15, 0.2) is 0 Å². The molecule has 0 fully saturated rings. The Labute approximate surface area is 107 Å². The van der Waals surface area contributed by atoms with Gasteiger partial charge in [0.2, 0.25) is 5.91 Å². The van der Waals surface area contributed by atoms with Crippen molar-refractivity contribution in [2.75, 3.05) is 13.6 Å². The Bertz CT molecular complexity index is 226. The summed E-state index contributed by atoms with van der Waals surface area (Å²) < 4.78 is 0. The van der Waals surface area contributed by atoms with Crippen molar-refractivity contribution in [3.8, 4) is 0 Å². The van der Waals surface area contributed by atoms with Crippen molar-refractivity contribution in [1.82, 2.24) is 4.90 Å². The van der Waals surface area contributed by atoms with Gasteiger partial charge in [0, 0.05) is 19.5 Å². The third kappa shape index (κ3) is 6.06. The summed E-state index contributed by atoms with van der Waals surface area (Å²) in [6.45, 7) is 11.3. The van der Waals surface area contributed by atoms with E-state index in [1.54, 1.807) is 0 Å². The maximum Gasteiger partial charge on any atom is 0.222 e. The van der Waals surface area contributed by atoms with Gasteiger partial charge in [-0.1, -0.05) is 27.7 Å². The van der Waals surface area contributed by atoms with Crippen LogP contribution in [0.2, 0.25) is 0 Å². The SMILES string of the molecule is CC(C)CC(CN)CC(=O)N(C)C(C)C(C)C. The maximum atomic E-state index is 12.1. The summed E-state index contributed by atoms with van der Waals surface area (Å²) in [6.07, 6.45) is 1.62. The molecule has 0 saturated heterocycles. The molecule has 0 aromatic carbocycles. The average Bonchev–Trinajstić information content (AvgIpc) is 2.24. The Morgan fingerprint density at radius 2 is 1.71 bits per heavy atom. The second-order valence-corrected chi connectivity index (χ2v) is 5.92. The van der Waals surface area contributed by atoms with E-state index < -0.39 is 0 Å². The molecule has 3 heteroatoms. The first-order valence-electron chi connectivity index (χ1n) is 6.75. The van der Waals surface area contributed by atoms with Crippen LogP contribution in [-0.2, 0) is 4.79 Å². The van der Waals surface area contributed by atoms with Gasteiger partial charge in [0.05, 0.1) is 0 Å². The van der Waals surface area contributed by atoms with Gasteiger partial charge in [0.1, 0.15) is 0 Å². The van der Waals surface area contributed by atoms with E-state index in [1.807, 2.05) is 11.9 Å². The van der Waals surface area contributed by atoms with E-state index in [2.05, 4.69) is 34.6 Å². The summed E-state index contributed by atoms with van der Waals surface area (Å²) in [4.78, 5) is 14.0. The second-order valence-electron chi connectivity index (χ2n) is 5.92. The first-order valence-corrected chi connectivity index (χ1v) is 6.75. The van der Waals surface area contributed by atoms with Crippen LogP contribution in [0.4, 0.5) is 0 Å². The first kappa shape index (κ1) is 16.4. The predicted molar refractivity (Wildman–Crippen MR) is 73.7 cm³/mol. The zero-order valence-electron chi connectivity index (χ0n) is 12.4. The van der Waals surface area contributed by atoms with Crippen LogP contribution in [0.1, 0.15) is 47.5 Å². The molecule has 0 rings (SSSR count). The molecule has 2 N–H and O–H groups in total. The number of nitrogens with zero attached hydrogens (tertiary/aromatic N) is 1. The van der Waals surface area contributed by atoms with Crippen molar-refractivity contribution in [3.05, 3.63) is 0 Å². The van der Waals surface area contributed by atoms with Crippen molar-refractivity contribution < 1.29 is 4.79 Å². The molecule has 3 nitrogen and oxygen atoms in total. The fourth-order valence-electron chi connectivity index (χ4n) is 1.99. The standard InChI is InChI=1S/C14H30N2O/c1-10(2)7-13(9-15)8-14(17)16(6)12(5)11(3)4/h10-13H,7-9,15H2,1-6H3. The van der Waals surface area contributed by atoms with Gasteiger partial charge in [0.25, 0.3) is 0 Å². The Kier molecular flexibility index (Phi) is 7.44. The molecule has 2 unspecified atom stereocenters. The summed E-state index contributed by atoms with van der Waals surface area (Å²) in [5.41, 5.74) is 5.73. The lowest BCUT2D eigenvalue weighted by atomic mass is 9.93. The lowest BCUT2D eigenvalue weighted by molar-refractivity contribution is -0.133. The first-order chi connectivity index (χ1) is 7.79. The number of amides is 1. The zero-order valence-corrected chi connectivity index (χ0v) is 12.4. The largest absolute Gasteiger partial charge is 0.343 e. The molecular weight excluding hydrogens is 212 g/mol. The van der Waals surface area contributed by atoms with Crippen LogP contribution in [0.5, 0.6) is 0 Å². The molecule has 102 valence electrons. The van der Waals surface area contributed by atoms with Gasteiger partial charge in [-0.05, 0) is 37.6 Å². The molecule has 1 amide bonds. The normalized spacial score (nSPS) is 15.1. The van der Waals surface area contributed by atoms with Crippen molar-refractivity contribution in [2.24, 2.45) is 23.5 Å². The van der Waals surface area contributed by atoms with Gasteiger partial charge < -0.3 is 10.6 Å². The van der Waals surface area contributed by atoms with Gasteiger partial charge >= 0.3 is 0 Å². The predicted octanol–water partition coefficient (Wildman–Crippen LogP) is 2.50. The molecule has 17 heavy (non-hydrogen) atoms. The second kappa shape index (κ2) is 7.70. The summed E-state index contributed by atoms with van der Waals surface area (Å²) in [5.74, 6) is 1.64. The molecule has 0 radical (unpaired) electrons. The minimum atomic E-state index is 0.224. The van der Waals surface area contributed by atoms with E-state index in [0.717, 1.165) is 6.42 Å². The molecule has 0 aromatic heterocycles. The summed E-state index contributed by atoms with van der Waals surface area (Å²) in [7, 11) is 1.90. The Morgan fingerprint density at radius 3 is 2.06 bits per heavy atom. The van der Waals surface area contributed by atoms with Gasteiger partial charge in [-0.3, -0.25) is 4.79 Å². The molecular formula is C14H30N2O. The van der Waals surface area contributed by atoms with E-state index in [-0.39, 0.29) is 5.91 Å². The molecule has 0 aliphatic heterocycles. The molecule has 0 aromatic rings. The van der Waals surface area contributed by atoms with Crippen molar-refractivity contribution in [2.45, 2.75) is 53.5 Å². The van der Waals surface area contributed by atoms with Crippen LogP contribution in [0, 0.1) is 17.8 Å². The number of rotatable bonds is 7. The smallest absolute Gasteiger partial charge is 0.222 e. The molecule has 0 aliphatic rings. The van der Waals surface area contributed by atoms with E-state index >= 15 is 0 Å². The Morgan fingerprint density at radius 1 is 1.18 bits per heavy atom. The summed E-state index contributed by atoms with van der Waals surface area (Å²) >= 11 is 0. The highest BCUT2D eigenvalue weighted by Gasteiger charge is 2.21. The summed E-state index contributed by atoms with van der Waals surface area (Å²) in [5, 5.41) is 0. The number of carbonyl (C=O) groups is 1. The van der Waals surface area contributed by atoms with Gasteiger partial charge in [-0.2, -0.15) is 0 Å². The highest BCUT2D eigenvalue weighted by molar-refractivity contribution is 5.76. The number of hydrogen-bond acceptors (Lipinski definition) is 2. The molecule has 0 heterocycles. The zero-order chi connectivity index (χ0) is 13.6. The van der Waals surface area contributed by atoms with Crippen LogP contribution in [0.15, 0.2) is 0 Å². The fourth-order valence-corrected chi connectivity index (χ4v) is 1.99. The van der Waals surface area contributed by atoms with Crippen molar-refractivity contribution in [3.63, 3.8) is 0 Å². The van der Waals surface area contributed by atoms with E-state index in [1.165, 1.54) is 0 Å². The number of hydrogen-bond donors (Lipinski definition) is 1. The third-order valence-electron chi connectivity index (χ3n) is 3.57. The maximum absolute atomic E-state index is 12.1. The highest BCUT2D eigenvalue weighted by atomic mass is 16.2. The van der Waals surface area contributed by atoms with Crippen molar-refractivity contribution >= 4 is 5.91 Å². The Balaban J connectivity index is 4.31. The molecule has 0 aliphatic carbocycles. The van der Waals surface area contributed by atoms with E-state index in [4.69, 9.17) is 5.73 Å². The molecule has 0 saturated carbocycles. The van der Waals surface area contributed by atoms with Crippen LogP contribution in [-0.4, -0.2) is 30.4 Å². The number of nitrogens with two attached hydrogens (primary N) is 1. The van der Waals surface area contributed by atoms with Crippen LogP contribution < -0.4 is 5.73 Å². The summed E-state index contributed by atoms with van der Waals surface area (Å²) in [6, 6.07) is 0.292. The molecule has 2 atom stereocenters. The monoisotopic (exact) mass is 242 g/mol.